The van der Waals surface area contributed by atoms with Crippen molar-refractivity contribution >= 4 is 5.91 Å². The summed E-state index contributed by atoms with van der Waals surface area (Å²) in [7, 11) is 1.42. The third-order valence-corrected chi connectivity index (χ3v) is 2.50. The van der Waals surface area contributed by atoms with Crippen LogP contribution in [-0.4, -0.2) is 25.2 Å². The average molecular weight is 293 g/mol. The van der Waals surface area contributed by atoms with Crippen molar-refractivity contribution in [3.8, 4) is 0 Å². The van der Waals surface area contributed by atoms with E-state index in [0.717, 1.165) is 0 Å². The molecule has 0 unspecified atom stereocenters. The molecule has 0 atom stereocenters. The number of halogens is 4. The lowest BCUT2D eigenvalue weighted by molar-refractivity contribution is -0.137. The van der Waals surface area contributed by atoms with Crippen LogP contribution in [0.5, 0.6) is 0 Å². The Morgan fingerprint density at radius 1 is 1.30 bits per heavy atom. The van der Waals surface area contributed by atoms with Gasteiger partial charge in [-0.15, -0.1) is 0 Å². The van der Waals surface area contributed by atoms with Crippen molar-refractivity contribution in [3.05, 3.63) is 35.1 Å². The fourth-order valence-corrected chi connectivity index (χ4v) is 1.65. The molecule has 1 rings (SSSR count). The van der Waals surface area contributed by atoms with Gasteiger partial charge in [0.05, 0.1) is 23.3 Å². The van der Waals surface area contributed by atoms with Crippen LogP contribution in [0, 0.1) is 5.82 Å². The molecule has 112 valence electrons. The van der Waals surface area contributed by atoms with Crippen LogP contribution < -0.4 is 5.32 Å². The Kier molecular flexibility index (Phi) is 4.75. The van der Waals surface area contributed by atoms with Gasteiger partial charge in [0.1, 0.15) is 5.82 Å². The van der Waals surface area contributed by atoms with E-state index < -0.39 is 34.6 Å². The van der Waals surface area contributed by atoms with Crippen molar-refractivity contribution in [2.75, 3.05) is 13.7 Å². The first-order chi connectivity index (χ1) is 9.07. The number of carbonyl (C=O) groups is 1. The van der Waals surface area contributed by atoms with Crippen molar-refractivity contribution in [3.63, 3.8) is 0 Å². The Bertz CT molecular complexity index is 498. The first kappa shape index (κ1) is 16.4. The first-order valence-electron chi connectivity index (χ1n) is 5.75. The van der Waals surface area contributed by atoms with Crippen molar-refractivity contribution < 1.29 is 27.1 Å². The lowest BCUT2D eigenvalue weighted by Gasteiger charge is -2.25. The van der Waals surface area contributed by atoms with E-state index in [4.69, 9.17) is 4.74 Å². The Labute approximate surface area is 113 Å². The molecule has 1 aromatic carbocycles. The number of methoxy groups -OCH3 is 1. The Morgan fingerprint density at radius 2 is 1.90 bits per heavy atom. The van der Waals surface area contributed by atoms with E-state index >= 15 is 0 Å². The van der Waals surface area contributed by atoms with Gasteiger partial charge in [-0.2, -0.15) is 13.2 Å². The number of benzene rings is 1. The molecule has 0 aliphatic rings. The molecule has 0 fully saturated rings. The zero-order valence-electron chi connectivity index (χ0n) is 11.3. The third kappa shape index (κ3) is 4.19. The smallest absolute Gasteiger partial charge is 0.382 e. The van der Waals surface area contributed by atoms with E-state index in [9.17, 15) is 22.4 Å². The number of hydrogen-bond acceptors (Lipinski definition) is 2. The van der Waals surface area contributed by atoms with Gasteiger partial charge < -0.3 is 10.1 Å². The maximum atomic E-state index is 13.5. The Morgan fingerprint density at radius 3 is 2.40 bits per heavy atom. The minimum absolute atomic E-state index is 0.138. The van der Waals surface area contributed by atoms with Crippen LogP contribution >= 0.6 is 0 Å². The summed E-state index contributed by atoms with van der Waals surface area (Å²) in [6.45, 7) is 3.36. The molecule has 0 saturated carbocycles. The molecule has 20 heavy (non-hydrogen) atoms. The lowest BCUT2D eigenvalue weighted by Crippen LogP contribution is -2.47. The lowest BCUT2D eigenvalue weighted by atomic mass is 10.0. The largest absolute Gasteiger partial charge is 0.416 e. The van der Waals surface area contributed by atoms with Gasteiger partial charge in [0.2, 0.25) is 0 Å². The molecule has 0 spiro atoms. The van der Waals surface area contributed by atoms with Crippen molar-refractivity contribution in [2.45, 2.75) is 25.6 Å². The number of hydrogen-bond donors (Lipinski definition) is 1. The molecule has 0 bridgehead atoms. The Balaban J connectivity index is 3.04. The molecule has 0 heterocycles. The van der Waals surface area contributed by atoms with Gasteiger partial charge in [0.15, 0.2) is 0 Å². The molecule has 0 saturated heterocycles. The summed E-state index contributed by atoms with van der Waals surface area (Å²) in [5, 5.41) is 2.42. The number of amides is 1. The minimum atomic E-state index is -4.63. The molecular weight excluding hydrogens is 278 g/mol. The molecule has 0 radical (unpaired) electrons. The summed E-state index contributed by atoms with van der Waals surface area (Å²) in [5.74, 6) is -1.93. The van der Waals surface area contributed by atoms with Crippen LogP contribution in [0.1, 0.15) is 29.8 Å². The van der Waals surface area contributed by atoms with Crippen molar-refractivity contribution in [1.82, 2.24) is 5.32 Å². The highest BCUT2D eigenvalue weighted by molar-refractivity contribution is 5.95. The number of alkyl halides is 3. The van der Waals surface area contributed by atoms with E-state index in [-0.39, 0.29) is 6.61 Å². The molecule has 0 aliphatic heterocycles. The van der Waals surface area contributed by atoms with E-state index in [1.807, 2.05) is 0 Å². The fourth-order valence-electron chi connectivity index (χ4n) is 1.65. The maximum absolute atomic E-state index is 13.5. The summed E-state index contributed by atoms with van der Waals surface area (Å²) in [6.07, 6.45) is -4.63. The number of ether oxygens (including phenoxy) is 1. The van der Waals surface area contributed by atoms with Crippen LogP contribution in [0.4, 0.5) is 17.6 Å². The molecule has 7 heteroatoms. The summed E-state index contributed by atoms with van der Waals surface area (Å²) in [6, 6.07) is 1.71. The van der Waals surface area contributed by atoms with Gasteiger partial charge in [-0.1, -0.05) is 0 Å². The highest BCUT2D eigenvalue weighted by atomic mass is 19.4. The first-order valence-corrected chi connectivity index (χ1v) is 5.75. The summed E-state index contributed by atoms with van der Waals surface area (Å²) >= 11 is 0. The molecule has 0 aliphatic carbocycles. The number of nitrogens with one attached hydrogen (secondary N) is 1. The SMILES string of the molecule is COCC(C)(C)NC(=O)c1cc(C(F)(F)F)ccc1F. The predicted molar refractivity (Wildman–Crippen MR) is 64.8 cm³/mol. The van der Waals surface area contributed by atoms with E-state index in [2.05, 4.69) is 5.32 Å². The normalized spacial score (nSPS) is 12.3. The average Bonchev–Trinajstić information content (AvgIpc) is 2.26. The minimum Gasteiger partial charge on any atom is -0.382 e. The third-order valence-electron chi connectivity index (χ3n) is 2.50. The van der Waals surface area contributed by atoms with Crippen LogP contribution in [-0.2, 0) is 10.9 Å². The summed E-state index contributed by atoms with van der Waals surface area (Å²) < 4.78 is 56.0. The van der Waals surface area contributed by atoms with Crippen molar-refractivity contribution in [2.24, 2.45) is 0 Å². The standard InChI is InChI=1S/C13H15F4NO2/c1-12(2,7-20-3)18-11(19)9-6-8(13(15,16)17)4-5-10(9)14/h4-6H,7H2,1-3H3,(H,18,19). The molecule has 0 aromatic heterocycles. The van der Waals surface area contributed by atoms with E-state index in [1.54, 1.807) is 13.8 Å². The predicted octanol–water partition coefficient (Wildman–Crippen LogP) is 3.00. The highest BCUT2D eigenvalue weighted by Gasteiger charge is 2.32. The number of carbonyl (C=O) groups excluding carboxylic acids is 1. The van der Waals surface area contributed by atoms with Crippen LogP contribution in [0.15, 0.2) is 18.2 Å². The highest BCUT2D eigenvalue weighted by Crippen LogP contribution is 2.30. The van der Waals surface area contributed by atoms with Gasteiger partial charge in [0.25, 0.3) is 5.91 Å². The van der Waals surface area contributed by atoms with Gasteiger partial charge in [-0.25, -0.2) is 4.39 Å². The molecule has 1 amide bonds. The monoisotopic (exact) mass is 293 g/mol. The van der Waals surface area contributed by atoms with Gasteiger partial charge in [-0.3, -0.25) is 4.79 Å². The van der Waals surface area contributed by atoms with Crippen LogP contribution in [0.2, 0.25) is 0 Å². The van der Waals surface area contributed by atoms with E-state index in [1.165, 1.54) is 7.11 Å². The second-order valence-electron chi connectivity index (χ2n) is 4.96. The molecule has 1 aromatic rings. The van der Waals surface area contributed by atoms with Crippen molar-refractivity contribution in [1.29, 1.82) is 0 Å². The Hall–Kier alpha value is -1.63. The summed E-state index contributed by atoms with van der Waals surface area (Å²) in [5.41, 5.74) is -2.55. The van der Waals surface area contributed by atoms with Crippen LogP contribution in [0.25, 0.3) is 0 Å². The topological polar surface area (TPSA) is 38.3 Å². The van der Waals surface area contributed by atoms with E-state index in [0.29, 0.717) is 18.2 Å². The number of rotatable bonds is 4. The van der Waals surface area contributed by atoms with Gasteiger partial charge in [-0.05, 0) is 32.0 Å². The maximum Gasteiger partial charge on any atom is 0.416 e. The zero-order chi connectivity index (χ0) is 15.6. The second-order valence-corrected chi connectivity index (χ2v) is 4.96. The second kappa shape index (κ2) is 5.78. The van der Waals surface area contributed by atoms with Gasteiger partial charge >= 0.3 is 6.18 Å². The molecule has 3 nitrogen and oxygen atoms in total. The van der Waals surface area contributed by atoms with Crippen LogP contribution in [0.3, 0.4) is 0 Å². The molecular formula is C13H15F4NO2. The van der Waals surface area contributed by atoms with Gasteiger partial charge in [0, 0.05) is 7.11 Å². The fraction of sp³-hybridized carbons (Fsp3) is 0.462. The zero-order valence-corrected chi connectivity index (χ0v) is 11.3. The molecule has 1 N–H and O–H groups in total. The summed E-state index contributed by atoms with van der Waals surface area (Å²) in [4.78, 5) is 11.9. The quantitative estimate of drug-likeness (QED) is 0.867.